The lowest BCUT2D eigenvalue weighted by Crippen LogP contribution is -2.44. The summed E-state index contributed by atoms with van der Waals surface area (Å²) in [7, 11) is 0. The van der Waals surface area contributed by atoms with Crippen LogP contribution >= 0.6 is 0 Å². The number of ether oxygens (including phenoxy) is 1. The minimum Gasteiger partial charge on any atom is -0.492 e. The lowest BCUT2D eigenvalue weighted by molar-refractivity contribution is -0.125. The maximum atomic E-state index is 12.6. The molecule has 30 heavy (non-hydrogen) atoms. The second-order valence-corrected chi connectivity index (χ2v) is 7.33. The molecule has 0 saturated carbocycles. The molecular weight excluding hydrogens is 382 g/mol. The monoisotopic (exact) mass is 407 g/mol. The summed E-state index contributed by atoms with van der Waals surface area (Å²) < 4.78 is 7.23. The zero-order chi connectivity index (χ0) is 20.8. The van der Waals surface area contributed by atoms with E-state index >= 15 is 0 Å². The molecule has 0 spiro atoms. The van der Waals surface area contributed by atoms with E-state index in [1.54, 1.807) is 11.0 Å². The Morgan fingerprint density at radius 1 is 1.17 bits per heavy atom. The molecule has 9 heteroatoms. The molecule has 1 aliphatic heterocycles. The van der Waals surface area contributed by atoms with Crippen molar-refractivity contribution in [2.24, 2.45) is 5.92 Å². The molecule has 0 radical (unpaired) electrons. The van der Waals surface area contributed by atoms with Gasteiger partial charge in [0, 0.05) is 13.1 Å². The number of rotatable bonds is 7. The van der Waals surface area contributed by atoms with Gasteiger partial charge in [-0.25, -0.2) is 9.67 Å². The first kappa shape index (κ1) is 19.8. The van der Waals surface area contributed by atoms with Crippen LogP contribution in [0.4, 0.5) is 5.82 Å². The fourth-order valence-electron chi connectivity index (χ4n) is 3.46. The highest BCUT2D eigenvalue weighted by Crippen LogP contribution is 2.21. The van der Waals surface area contributed by atoms with Crippen LogP contribution in [0.3, 0.4) is 0 Å². The van der Waals surface area contributed by atoms with Crippen LogP contribution < -0.4 is 15.0 Å². The first-order valence-electron chi connectivity index (χ1n) is 10.1. The van der Waals surface area contributed by atoms with Crippen LogP contribution in [0.2, 0.25) is 0 Å². The quantitative estimate of drug-likeness (QED) is 0.596. The van der Waals surface area contributed by atoms with Crippen molar-refractivity contribution in [3.63, 3.8) is 0 Å². The predicted octanol–water partition coefficient (Wildman–Crippen LogP) is 1.78. The Kier molecular flexibility index (Phi) is 6.17. The van der Waals surface area contributed by atoms with Crippen LogP contribution in [-0.2, 0) is 4.79 Å². The van der Waals surface area contributed by atoms with Gasteiger partial charge in [0.05, 0.1) is 12.5 Å². The van der Waals surface area contributed by atoms with Crippen molar-refractivity contribution in [1.82, 2.24) is 30.3 Å². The normalized spacial score (nSPS) is 16.3. The summed E-state index contributed by atoms with van der Waals surface area (Å²) in [4.78, 5) is 18.6. The van der Waals surface area contributed by atoms with Gasteiger partial charge in [-0.1, -0.05) is 17.7 Å². The molecule has 1 N–H and O–H groups in total. The Balaban J connectivity index is 1.25. The highest BCUT2D eigenvalue weighted by molar-refractivity contribution is 5.79. The molecule has 0 aliphatic carbocycles. The standard InChI is InChI=1S/C21H25N7O2/c1-16-4-6-18(7-5-16)30-12-10-23-21(29)17-3-2-11-27(13-17)19-8-9-20(26-25-19)28-15-22-14-24-28/h4-9,14-15,17H,2-3,10-13H2,1H3,(H,23,29). The Morgan fingerprint density at radius 2 is 1.97 bits per heavy atom. The van der Waals surface area contributed by atoms with Crippen LogP contribution in [0, 0.1) is 12.8 Å². The summed E-state index contributed by atoms with van der Waals surface area (Å²) in [5, 5.41) is 15.6. The van der Waals surface area contributed by atoms with Crippen molar-refractivity contribution >= 4 is 11.7 Å². The number of amides is 1. The number of hydrogen-bond acceptors (Lipinski definition) is 7. The van der Waals surface area contributed by atoms with Crippen molar-refractivity contribution in [3.05, 3.63) is 54.6 Å². The van der Waals surface area contributed by atoms with E-state index in [0.717, 1.165) is 31.0 Å². The lowest BCUT2D eigenvalue weighted by atomic mass is 9.97. The van der Waals surface area contributed by atoms with E-state index in [-0.39, 0.29) is 11.8 Å². The maximum absolute atomic E-state index is 12.6. The molecule has 4 rings (SSSR count). The molecule has 1 atom stereocenters. The molecule has 1 aliphatic rings. The molecule has 1 amide bonds. The average Bonchev–Trinajstić information content (AvgIpc) is 3.33. The first-order chi connectivity index (χ1) is 14.7. The van der Waals surface area contributed by atoms with Crippen LogP contribution in [0.15, 0.2) is 49.1 Å². The average molecular weight is 407 g/mol. The zero-order valence-corrected chi connectivity index (χ0v) is 16.9. The zero-order valence-electron chi connectivity index (χ0n) is 16.9. The number of nitrogens with one attached hydrogen (secondary N) is 1. The van der Waals surface area contributed by atoms with Crippen molar-refractivity contribution in [2.45, 2.75) is 19.8 Å². The molecule has 156 valence electrons. The van der Waals surface area contributed by atoms with Gasteiger partial charge in [0.25, 0.3) is 0 Å². The maximum Gasteiger partial charge on any atom is 0.225 e. The molecule has 0 bridgehead atoms. The van der Waals surface area contributed by atoms with E-state index in [4.69, 9.17) is 4.74 Å². The summed E-state index contributed by atoms with van der Waals surface area (Å²) in [6.07, 6.45) is 4.83. The van der Waals surface area contributed by atoms with Crippen molar-refractivity contribution < 1.29 is 9.53 Å². The molecule has 1 aromatic carbocycles. The van der Waals surface area contributed by atoms with Gasteiger partial charge >= 0.3 is 0 Å². The van der Waals surface area contributed by atoms with Gasteiger partial charge in [-0.15, -0.1) is 10.2 Å². The van der Waals surface area contributed by atoms with Gasteiger partial charge in [0.1, 0.15) is 25.0 Å². The molecule has 3 heterocycles. The number of carbonyl (C=O) groups excluding carboxylic acids is 1. The summed E-state index contributed by atoms with van der Waals surface area (Å²) in [6.45, 7) is 4.45. The van der Waals surface area contributed by atoms with E-state index in [2.05, 4.69) is 30.5 Å². The molecule has 1 fully saturated rings. The largest absolute Gasteiger partial charge is 0.492 e. The lowest BCUT2D eigenvalue weighted by Gasteiger charge is -2.32. The summed E-state index contributed by atoms with van der Waals surface area (Å²) in [5.41, 5.74) is 1.19. The number of aromatic nitrogens is 5. The van der Waals surface area contributed by atoms with Crippen molar-refractivity contribution in [1.29, 1.82) is 0 Å². The van der Waals surface area contributed by atoms with Gasteiger partial charge in [0.2, 0.25) is 5.91 Å². The number of benzene rings is 1. The van der Waals surface area contributed by atoms with E-state index in [9.17, 15) is 4.79 Å². The Hall–Kier alpha value is -3.49. The minimum absolute atomic E-state index is 0.0550. The third-order valence-corrected chi connectivity index (χ3v) is 5.10. The molecule has 9 nitrogen and oxygen atoms in total. The smallest absolute Gasteiger partial charge is 0.225 e. The Bertz CT molecular complexity index is 943. The van der Waals surface area contributed by atoms with Crippen LogP contribution in [0.1, 0.15) is 18.4 Å². The summed E-state index contributed by atoms with van der Waals surface area (Å²) >= 11 is 0. The number of anilines is 1. The van der Waals surface area contributed by atoms with Gasteiger partial charge in [-0.2, -0.15) is 5.10 Å². The minimum atomic E-state index is -0.0742. The third kappa shape index (κ3) is 4.91. The molecule has 3 aromatic rings. The Labute approximate surface area is 175 Å². The molecular formula is C21H25N7O2. The number of piperidine rings is 1. The molecule has 1 saturated heterocycles. The summed E-state index contributed by atoms with van der Waals surface area (Å²) in [6, 6.07) is 11.6. The van der Waals surface area contributed by atoms with Crippen molar-refractivity contribution in [2.75, 3.05) is 31.1 Å². The van der Waals surface area contributed by atoms with Gasteiger partial charge in [-0.3, -0.25) is 4.79 Å². The van der Waals surface area contributed by atoms with E-state index in [1.165, 1.54) is 11.9 Å². The first-order valence-corrected chi connectivity index (χ1v) is 10.1. The number of carbonyl (C=O) groups is 1. The fourth-order valence-corrected chi connectivity index (χ4v) is 3.46. The van der Waals surface area contributed by atoms with Crippen LogP contribution in [0.5, 0.6) is 5.75 Å². The Morgan fingerprint density at radius 3 is 2.70 bits per heavy atom. The SMILES string of the molecule is Cc1ccc(OCCNC(=O)C2CCCN(c3ccc(-n4cncn4)nn3)C2)cc1. The molecule has 2 aromatic heterocycles. The highest BCUT2D eigenvalue weighted by Gasteiger charge is 2.26. The van der Waals surface area contributed by atoms with Gasteiger partial charge in [0.15, 0.2) is 11.6 Å². The van der Waals surface area contributed by atoms with E-state index < -0.39 is 0 Å². The molecule has 1 unspecified atom stereocenters. The summed E-state index contributed by atoms with van der Waals surface area (Å²) in [5.74, 6) is 2.16. The predicted molar refractivity (Wildman–Crippen MR) is 112 cm³/mol. The van der Waals surface area contributed by atoms with E-state index in [1.807, 2.05) is 43.3 Å². The van der Waals surface area contributed by atoms with Gasteiger partial charge in [-0.05, 0) is 44.0 Å². The second-order valence-electron chi connectivity index (χ2n) is 7.33. The van der Waals surface area contributed by atoms with Crippen LogP contribution in [-0.4, -0.2) is 57.1 Å². The van der Waals surface area contributed by atoms with E-state index in [0.29, 0.717) is 25.5 Å². The van der Waals surface area contributed by atoms with Gasteiger partial charge < -0.3 is 15.0 Å². The highest BCUT2D eigenvalue weighted by atomic mass is 16.5. The second kappa shape index (κ2) is 9.34. The third-order valence-electron chi connectivity index (χ3n) is 5.10. The number of hydrogen-bond donors (Lipinski definition) is 1. The number of nitrogens with zero attached hydrogens (tertiary/aromatic N) is 6. The number of aryl methyl sites for hydroxylation is 1. The topological polar surface area (TPSA) is 98.1 Å². The van der Waals surface area contributed by atoms with Crippen LogP contribution in [0.25, 0.3) is 5.82 Å². The fraction of sp³-hybridized carbons (Fsp3) is 0.381. The van der Waals surface area contributed by atoms with Crippen molar-refractivity contribution in [3.8, 4) is 11.6 Å².